The Hall–Kier alpha value is -1.10. The van der Waals surface area contributed by atoms with E-state index < -0.39 is 11.4 Å². The fourth-order valence-electron chi connectivity index (χ4n) is 2.26. The van der Waals surface area contributed by atoms with E-state index in [4.69, 9.17) is 0 Å². The van der Waals surface area contributed by atoms with Crippen LogP contribution in [0.25, 0.3) is 0 Å². The molecular formula is C11H16N2O2S. The van der Waals surface area contributed by atoms with Crippen LogP contribution in [0, 0.1) is 11.3 Å². The molecule has 1 atom stereocenters. The molecule has 1 aliphatic heterocycles. The highest BCUT2D eigenvalue weighted by Gasteiger charge is 2.47. The summed E-state index contributed by atoms with van der Waals surface area (Å²) >= 11 is 1.57. The Morgan fingerprint density at radius 1 is 1.69 bits per heavy atom. The lowest BCUT2D eigenvalue weighted by Gasteiger charge is -2.28. The summed E-state index contributed by atoms with van der Waals surface area (Å²) in [7, 11) is 0. The molecule has 1 saturated heterocycles. The predicted octanol–water partition coefficient (Wildman–Crippen LogP) is 2.08. The van der Waals surface area contributed by atoms with E-state index in [1.165, 1.54) is 0 Å². The molecule has 1 unspecified atom stereocenters. The number of hydrogen-bond donors (Lipinski definition) is 1. The van der Waals surface area contributed by atoms with Gasteiger partial charge in [-0.25, -0.2) is 4.98 Å². The second-order valence-corrected chi connectivity index (χ2v) is 5.48. The van der Waals surface area contributed by atoms with Crippen molar-refractivity contribution in [3.8, 4) is 0 Å². The first kappa shape index (κ1) is 11.4. The average molecular weight is 240 g/mol. The van der Waals surface area contributed by atoms with Crippen molar-refractivity contribution in [3.05, 3.63) is 11.6 Å². The fraction of sp³-hybridized carbons (Fsp3) is 0.636. The van der Waals surface area contributed by atoms with E-state index in [0.717, 1.165) is 11.7 Å². The normalized spacial score (nSPS) is 25.3. The molecular weight excluding hydrogens is 224 g/mol. The first-order chi connectivity index (χ1) is 7.56. The monoisotopic (exact) mass is 240 g/mol. The summed E-state index contributed by atoms with van der Waals surface area (Å²) in [5.74, 6) is -0.531. The van der Waals surface area contributed by atoms with Crippen molar-refractivity contribution in [2.75, 3.05) is 18.0 Å². The summed E-state index contributed by atoms with van der Waals surface area (Å²) in [6, 6.07) is 0. The third-order valence-corrected chi connectivity index (χ3v) is 4.35. The summed E-state index contributed by atoms with van der Waals surface area (Å²) in [5, 5.41) is 12.3. The third-order valence-electron chi connectivity index (χ3n) is 3.52. The molecule has 5 heteroatoms. The van der Waals surface area contributed by atoms with Gasteiger partial charge in [0.15, 0.2) is 5.13 Å². The van der Waals surface area contributed by atoms with Gasteiger partial charge in [-0.3, -0.25) is 4.79 Å². The average Bonchev–Trinajstić information content (AvgIpc) is 2.87. The molecule has 0 aliphatic carbocycles. The van der Waals surface area contributed by atoms with Crippen molar-refractivity contribution >= 4 is 22.4 Å². The lowest BCUT2D eigenvalue weighted by atomic mass is 9.76. The maximum Gasteiger partial charge on any atom is 0.311 e. The van der Waals surface area contributed by atoms with E-state index >= 15 is 0 Å². The zero-order chi connectivity index (χ0) is 11.8. The van der Waals surface area contributed by atoms with Crippen molar-refractivity contribution in [1.29, 1.82) is 0 Å². The Labute approximate surface area is 98.9 Å². The molecule has 0 saturated carbocycles. The highest BCUT2D eigenvalue weighted by Crippen LogP contribution is 2.40. The molecule has 2 rings (SSSR count). The quantitative estimate of drug-likeness (QED) is 0.879. The molecule has 1 fully saturated rings. The Morgan fingerprint density at radius 3 is 2.88 bits per heavy atom. The second-order valence-electron chi connectivity index (χ2n) is 4.60. The van der Waals surface area contributed by atoms with Crippen molar-refractivity contribution < 1.29 is 9.90 Å². The lowest BCUT2D eigenvalue weighted by molar-refractivity contribution is -0.150. The van der Waals surface area contributed by atoms with E-state index in [1.807, 2.05) is 19.2 Å². The van der Waals surface area contributed by atoms with Gasteiger partial charge < -0.3 is 10.0 Å². The van der Waals surface area contributed by atoms with Crippen molar-refractivity contribution in [2.24, 2.45) is 11.3 Å². The molecule has 0 bridgehead atoms. The maximum atomic E-state index is 11.4. The van der Waals surface area contributed by atoms with Gasteiger partial charge >= 0.3 is 5.97 Å². The summed E-state index contributed by atoms with van der Waals surface area (Å²) in [6.07, 6.45) is 2.47. The molecule has 4 nitrogen and oxygen atoms in total. The van der Waals surface area contributed by atoms with E-state index in [2.05, 4.69) is 9.88 Å². The number of carboxylic acid groups (broad SMARTS) is 1. The van der Waals surface area contributed by atoms with Crippen molar-refractivity contribution in [1.82, 2.24) is 4.98 Å². The van der Waals surface area contributed by atoms with Crippen LogP contribution < -0.4 is 4.90 Å². The lowest BCUT2D eigenvalue weighted by Crippen LogP contribution is -2.39. The van der Waals surface area contributed by atoms with Gasteiger partial charge in [0.2, 0.25) is 0 Å². The van der Waals surface area contributed by atoms with Crippen LogP contribution in [-0.2, 0) is 4.79 Å². The van der Waals surface area contributed by atoms with Gasteiger partial charge in [0.25, 0.3) is 0 Å². The van der Waals surface area contributed by atoms with Gasteiger partial charge in [0.1, 0.15) is 0 Å². The van der Waals surface area contributed by atoms with Gasteiger partial charge in [0, 0.05) is 24.7 Å². The minimum Gasteiger partial charge on any atom is -0.481 e. The summed E-state index contributed by atoms with van der Waals surface area (Å²) < 4.78 is 0. The highest BCUT2D eigenvalue weighted by atomic mass is 32.1. The molecule has 1 aliphatic rings. The molecule has 88 valence electrons. The first-order valence-corrected chi connectivity index (χ1v) is 6.32. The van der Waals surface area contributed by atoms with E-state index in [-0.39, 0.29) is 5.92 Å². The zero-order valence-electron chi connectivity index (χ0n) is 9.51. The molecule has 2 heterocycles. The zero-order valence-corrected chi connectivity index (χ0v) is 10.3. The Kier molecular flexibility index (Phi) is 2.88. The van der Waals surface area contributed by atoms with Crippen LogP contribution in [0.1, 0.15) is 20.3 Å². The van der Waals surface area contributed by atoms with Crippen LogP contribution in [0.2, 0.25) is 0 Å². The minimum absolute atomic E-state index is 0.148. The van der Waals surface area contributed by atoms with Gasteiger partial charge in [-0.1, -0.05) is 13.8 Å². The number of hydrogen-bond acceptors (Lipinski definition) is 4. The van der Waals surface area contributed by atoms with Crippen LogP contribution in [0.5, 0.6) is 0 Å². The van der Waals surface area contributed by atoms with Crippen LogP contribution in [0.4, 0.5) is 5.13 Å². The van der Waals surface area contributed by atoms with Gasteiger partial charge in [-0.15, -0.1) is 11.3 Å². The number of rotatable bonds is 3. The Balaban J connectivity index is 2.20. The molecule has 0 aromatic carbocycles. The highest BCUT2D eigenvalue weighted by molar-refractivity contribution is 7.13. The second kappa shape index (κ2) is 4.05. The third kappa shape index (κ3) is 1.69. The van der Waals surface area contributed by atoms with Crippen LogP contribution in [0.3, 0.4) is 0 Å². The Bertz CT molecular complexity index is 377. The molecule has 1 N–H and O–H groups in total. The Morgan fingerprint density at radius 2 is 2.44 bits per heavy atom. The van der Waals surface area contributed by atoms with E-state index in [1.54, 1.807) is 17.5 Å². The number of nitrogens with zero attached hydrogens (tertiary/aromatic N) is 2. The topological polar surface area (TPSA) is 53.4 Å². The number of carbonyl (C=O) groups is 1. The summed E-state index contributed by atoms with van der Waals surface area (Å²) in [4.78, 5) is 17.8. The van der Waals surface area contributed by atoms with Gasteiger partial charge in [-0.05, 0) is 12.3 Å². The molecule has 1 aromatic rings. The number of thiazole rings is 1. The van der Waals surface area contributed by atoms with E-state index in [0.29, 0.717) is 13.0 Å². The number of anilines is 1. The first-order valence-electron chi connectivity index (χ1n) is 5.44. The smallest absolute Gasteiger partial charge is 0.311 e. The largest absolute Gasteiger partial charge is 0.481 e. The molecule has 0 radical (unpaired) electrons. The van der Waals surface area contributed by atoms with Crippen LogP contribution in [-0.4, -0.2) is 29.1 Å². The van der Waals surface area contributed by atoms with Crippen molar-refractivity contribution in [3.63, 3.8) is 0 Å². The van der Waals surface area contributed by atoms with Gasteiger partial charge in [-0.2, -0.15) is 0 Å². The number of carboxylic acids is 1. The van der Waals surface area contributed by atoms with Crippen molar-refractivity contribution in [2.45, 2.75) is 20.3 Å². The minimum atomic E-state index is -0.679. The predicted molar refractivity (Wildman–Crippen MR) is 63.9 cm³/mol. The number of aromatic nitrogens is 1. The van der Waals surface area contributed by atoms with Crippen LogP contribution >= 0.6 is 11.3 Å². The summed E-state index contributed by atoms with van der Waals surface area (Å²) in [6.45, 7) is 5.34. The summed E-state index contributed by atoms with van der Waals surface area (Å²) in [5.41, 5.74) is -0.605. The van der Waals surface area contributed by atoms with Gasteiger partial charge in [0.05, 0.1) is 5.41 Å². The standard InChI is InChI=1S/C11H16N2O2S/c1-8(2)11(9(14)15)3-5-13(7-11)10-12-4-6-16-10/h4,6,8H,3,5,7H2,1-2H3,(H,14,15). The van der Waals surface area contributed by atoms with Crippen LogP contribution in [0.15, 0.2) is 11.6 Å². The fourth-order valence-corrected chi connectivity index (χ4v) is 2.93. The molecule has 0 spiro atoms. The molecule has 16 heavy (non-hydrogen) atoms. The molecule has 0 amide bonds. The molecule has 1 aromatic heterocycles. The van der Waals surface area contributed by atoms with E-state index in [9.17, 15) is 9.90 Å². The number of aliphatic carboxylic acids is 1. The SMILES string of the molecule is CC(C)C1(C(=O)O)CCN(c2nccs2)C1. The maximum absolute atomic E-state index is 11.4.